The molecule has 2 N–H and O–H groups in total. The van der Waals surface area contributed by atoms with Crippen molar-refractivity contribution in [1.82, 2.24) is 5.32 Å². The molecule has 6 nitrogen and oxygen atoms in total. The predicted octanol–water partition coefficient (Wildman–Crippen LogP) is 1.74. The summed E-state index contributed by atoms with van der Waals surface area (Å²) in [6.07, 6.45) is 0. The third kappa shape index (κ3) is 4.55. The van der Waals surface area contributed by atoms with Crippen molar-refractivity contribution in [1.29, 1.82) is 0 Å². The van der Waals surface area contributed by atoms with Gasteiger partial charge in [0.25, 0.3) is 5.91 Å². The van der Waals surface area contributed by atoms with Gasteiger partial charge in [-0.1, -0.05) is 18.2 Å². The molecule has 0 aliphatic rings. The Morgan fingerprint density at radius 1 is 1.04 bits per heavy atom. The van der Waals surface area contributed by atoms with Gasteiger partial charge in [-0.3, -0.25) is 4.79 Å². The third-order valence-electron chi connectivity index (χ3n) is 3.07. The maximum atomic E-state index is 12.0. The Balaban J connectivity index is 2.01. The number of rotatable bonds is 6. The molecule has 1 unspecified atom stereocenters. The number of methoxy groups -OCH3 is 1. The van der Waals surface area contributed by atoms with E-state index in [9.17, 15) is 9.59 Å². The van der Waals surface area contributed by atoms with Gasteiger partial charge in [-0.25, -0.2) is 4.79 Å². The molecule has 0 fully saturated rings. The first kappa shape index (κ1) is 16.5. The first-order chi connectivity index (χ1) is 11.1. The van der Waals surface area contributed by atoms with E-state index >= 15 is 0 Å². The second kappa shape index (κ2) is 7.95. The largest absolute Gasteiger partial charge is 0.467 e. The molecule has 0 spiro atoms. The summed E-state index contributed by atoms with van der Waals surface area (Å²) in [5, 5.41) is 11.5. The number of aliphatic hydroxyl groups is 1. The normalized spacial score (nSPS) is 11.4. The van der Waals surface area contributed by atoms with Crippen LogP contribution in [0.5, 0.6) is 11.5 Å². The van der Waals surface area contributed by atoms with Crippen LogP contribution in [0.4, 0.5) is 0 Å². The Bertz CT molecular complexity index is 654. The van der Waals surface area contributed by atoms with Gasteiger partial charge in [0.15, 0.2) is 6.04 Å². The number of carbonyl (C=O) groups excluding carboxylic acids is 2. The molecule has 23 heavy (non-hydrogen) atoms. The molecule has 1 amide bonds. The lowest BCUT2D eigenvalue weighted by Gasteiger charge is -2.14. The molecular formula is C17H17NO5. The minimum atomic E-state index is -1.09. The Morgan fingerprint density at radius 3 is 2.22 bits per heavy atom. The first-order valence-corrected chi connectivity index (χ1v) is 6.96. The molecule has 2 aromatic rings. The molecule has 0 heterocycles. The molecule has 6 heteroatoms. The maximum absolute atomic E-state index is 12.0. The highest BCUT2D eigenvalue weighted by Crippen LogP contribution is 2.21. The molecular weight excluding hydrogens is 298 g/mol. The van der Waals surface area contributed by atoms with Crippen LogP contribution in [0, 0.1) is 0 Å². The Hall–Kier alpha value is -2.86. The first-order valence-electron chi connectivity index (χ1n) is 6.96. The van der Waals surface area contributed by atoms with Gasteiger partial charge in [0.2, 0.25) is 0 Å². The molecule has 0 saturated carbocycles. The molecule has 0 aliphatic heterocycles. The van der Waals surface area contributed by atoms with Gasteiger partial charge < -0.3 is 19.9 Å². The summed E-state index contributed by atoms with van der Waals surface area (Å²) in [5.41, 5.74) is 0.341. The van der Waals surface area contributed by atoms with E-state index in [2.05, 4.69) is 10.1 Å². The fourth-order valence-corrected chi connectivity index (χ4v) is 1.86. The minimum absolute atomic E-state index is 0.341. The van der Waals surface area contributed by atoms with Crippen LogP contribution in [0.25, 0.3) is 0 Å². The second-order valence-electron chi connectivity index (χ2n) is 4.67. The molecule has 120 valence electrons. The third-order valence-corrected chi connectivity index (χ3v) is 3.07. The topological polar surface area (TPSA) is 84.9 Å². The minimum Gasteiger partial charge on any atom is -0.467 e. The average molecular weight is 315 g/mol. The number of esters is 1. The van der Waals surface area contributed by atoms with Gasteiger partial charge in [-0.15, -0.1) is 0 Å². The van der Waals surface area contributed by atoms with Crippen LogP contribution in [-0.4, -0.2) is 36.7 Å². The van der Waals surface area contributed by atoms with Crippen molar-refractivity contribution in [2.45, 2.75) is 6.04 Å². The van der Waals surface area contributed by atoms with Crippen molar-refractivity contribution in [3.8, 4) is 11.5 Å². The molecule has 0 saturated heterocycles. The zero-order valence-corrected chi connectivity index (χ0v) is 12.6. The Morgan fingerprint density at radius 2 is 1.65 bits per heavy atom. The highest BCUT2D eigenvalue weighted by atomic mass is 16.5. The lowest BCUT2D eigenvalue weighted by molar-refractivity contribution is -0.143. The second-order valence-corrected chi connectivity index (χ2v) is 4.67. The average Bonchev–Trinajstić information content (AvgIpc) is 2.60. The molecule has 2 aromatic carbocycles. The van der Waals surface area contributed by atoms with E-state index in [0.29, 0.717) is 17.1 Å². The van der Waals surface area contributed by atoms with E-state index in [1.807, 2.05) is 30.3 Å². The number of carbonyl (C=O) groups is 2. The quantitative estimate of drug-likeness (QED) is 0.793. The van der Waals surface area contributed by atoms with Crippen LogP contribution < -0.4 is 10.1 Å². The van der Waals surface area contributed by atoms with Crippen LogP contribution in [0.2, 0.25) is 0 Å². The van der Waals surface area contributed by atoms with Crippen LogP contribution in [0.15, 0.2) is 54.6 Å². The number of nitrogens with one attached hydrogen (secondary N) is 1. The van der Waals surface area contributed by atoms with E-state index in [1.165, 1.54) is 7.11 Å². The van der Waals surface area contributed by atoms with Gasteiger partial charge in [0.05, 0.1) is 13.7 Å². The lowest BCUT2D eigenvalue weighted by Crippen LogP contribution is -2.44. The Labute approximate surface area is 133 Å². The standard InChI is InChI=1S/C17H17NO5/c1-22-17(21)15(11-19)18-16(20)12-7-9-14(10-8-12)23-13-5-3-2-4-6-13/h2-10,15,19H,11H2,1H3,(H,18,20). The fraction of sp³-hybridized carbons (Fsp3) is 0.176. The number of amides is 1. The van der Waals surface area contributed by atoms with E-state index in [1.54, 1.807) is 24.3 Å². The maximum Gasteiger partial charge on any atom is 0.330 e. The number of hydrogen-bond acceptors (Lipinski definition) is 5. The van der Waals surface area contributed by atoms with Gasteiger partial charge in [0.1, 0.15) is 11.5 Å². The summed E-state index contributed by atoms with van der Waals surface area (Å²) >= 11 is 0. The smallest absolute Gasteiger partial charge is 0.330 e. The fourth-order valence-electron chi connectivity index (χ4n) is 1.86. The highest BCUT2D eigenvalue weighted by molar-refractivity contribution is 5.96. The van der Waals surface area contributed by atoms with Crippen molar-refractivity contribution in [3.63, 3.8) is 0 Å². The lowest BCUT2D eigenvalue weighted by atomic mass is 10.2. The zero-order valence-electron chi connectivity index (χ0n) is 12.6. The summed E-state index contributed by atoms with van der Waals surface area (Å²) in [6.45, 7) is -0.534. The van der Waals surface area contributed by atoms with Gasteiger partial charge in [-0.2, -0.15) is 0 Å². The van der Waals surface area contributed by atoms with Crippen LogP contribution in [0.3, 0.4) is 0 Å². The number of aliphatic hydroxyl groups excluding tert-OH is 1. The summed E-state index contributed by atoms with van der Waals surface area (Å²) in [4.78, 5) is 23.4. The zero-order chi connectivity index (χ0) is 16.7. The molecule has 0 bridgehead atoms. The monoisotopic (exact) mass is 315 g/mol. The number of ether oxygens (including phenoxy) is 2. The molecule has 1 atom stereocenters. The van der Waals surface area contributed by atoms with Gasteiger partial charge >= 0.3 is 5.97 Å². The van der Waals surface area contributed by atoms with E-state index in [4.69, 9.17) is 9.84 Å². The summed E-state index contributed by atoms with van der Waals surface area (Å²) in [7, 11) is 1.19. The van der Waals surface area contributed by atoms with Crippen LogP contribution >= 0.6 is 0 Å². The van der Waals surface area contributed by atoms with E-state index in [-0.39, 0.29) is 0 Å². The molecule has 0 radical (unpaired) electrons. The summed E-state index contributed by atoms with van der Waals surface area (Å²) < 4.78 is 10.1. The predicted molar refractivity (Wildman–Crippen MR) is 83.3 cm³/mol. The van der Waals surface area contributed by atoms with Crippen LogP contribution in [-0.2, 0) is 9.53 Å². The van der Waals surface area contributed by atoms with Crippen molar-refractivity contribution < 1.29 is 24.2 Å². The molecule has 0 aromatic heterocycles. The molecule has 2 rings (SSSR count). The Kier molecular flexibility index (Phi) is 5.71. The van der Waals surface area contributed by atoms with Crippen molar-refractivity contribution in [3.05, 3.63) is 60.2 Å². The highest BCUT2D eigenvalue weighted by Gasteiger charge is 2.21. The summed E-state index contributed by atoms with van der Waals surface area (Å²) in [5.74, 6) is 0.0840. The van der Waals surface area contributed by atoms with Crippen molar-refractivity contribution in [2.24, 2.45) is 0 Å². The van der Waals surface area contributed by atoms with Crippen molar-refractivity contribution in [2.75, 3.05) is 13.7 Å². The summed E-state index contributed by atoms with van der Waals surface area (Å²) in [6, 6.07) is 14.6. The van der Waals surface area contributed by atoms with Gasteiger partial charge in [-0.05, 0) is 36.4 Å². The van der Waals surface area contributed by atoms with Crippen molar-refractivity contribution >= 4 is 11.9 Å². The molecule has 0 aliphatic carbocycles. The van der Waals surface area contributed by atoms with Crippen LogP contribution in [0.1, 0.15) is 10.4 Å². The number of para-hydroxylation sites is 1. The SMILES string of the molecule is COC(=O)C(CO)NC(=O)c1ccc(Oc2ccccc2)cc1. The van der Waals surface area contributed by atoms with E-state index < -0.39 is 24.5 Å². The van der Waals surface area contributed by atoms with Gasteiger partial charge in [0, 0.05) is 5.56 Å². The number of hydrogen-bond donors (Lipinski definition) is 2. The number of benzene rings is 2. The van der Waals surface area contributed by atoms with E-state index in [0.717, 1.165) is 0 Å².